The molecule has 1 aromatic rings. The van der Waals surface area contributed by atoms with Crippen LogP contribution in [0.4, 0.5) is 10.5 Å². The van der Waals surface area contributed by atoms with Crippen LogP contribution >= 0.6 is 0 Å². The van der Waals surface area contributed by atoms with Gasteiger partial charge in [-0.3, -0.25) is 10.6 Å². The van der Waals surface area contributed by atoms with Crippen molar-refractivity contribution in [2.45, 2.75) is 45.7 Å². The van der Waals surface area contributed by atoms with E-state index in [1.165, 1.54) is 5.56 Å². The van der Waals surface area contributed by atoms with Crippen molar-refractivity contribution in [3.8, 4) is 0 Å². The van der Waals surface area contributed by atoms with E-state index in [0.29, 0.717) is 6.04 Å². The summed E-state index contributed by atoms with van der Waals surface area (Å²) in [5.41, 5.74) is 3.16. The molecular weight excluding hydrogens is 304 g/mol. The Balaban J connectivity index is 1.84. The van der Waals surface area contributed by atoms with Crippen LogP contribution < -0.4 is 31.9 Å². The fourth-order valence-electron chi connectivity index (χ4n) is 2.74. The van der Waals surface area contributed by atoms with Gasteiger partial charge in [0.15, 0.2) is 0 Å². The van der Waals surface area contributed by atoms with Gasteiger partial charge in [0.25, 0.3) is 0 Å². The molecule has 3 unspecified atom stereocenters. The average Bonchev–Trinajstić information content (AvgIpc) is 2.50. The third kappa shape index (κ3) is 5.76. The minimum Gasteiger partial charge on any atom is -0.318 e. The molecule has 1 aliphatic heterocycles. The average molecular weight is 334 g/mol. The maximum Gasteiger partial charge on any atom is 0.321 e. The zero-order valence-electron chi connectivity index (χ0n) is 15.0. The van der Waals surface area contributed by atoms with Crippen molar-refractivity contribution in [2.75, 3.05) is 25.5 Å². The lowest BCUT2D eigenvalue weighted by Crippen LogP contribution is -2.68. The summed E-state index contributed by atoms with van der Waals surface area (Å²) in [6.45, 7) is 7.99. The number of hydrogen-bond acceptors (Lipinski definition) is 5. The summed E-state index contributed by atoms with van der Waals surface area (Å²) in [6.07, 6.45) is 0.856. The van der Waals surface area contributed by atoms with E-state index in [2.05, 4.69) is 45.7 Å². The number of urea groups is 1. The van der Waals surface area contributed by atoms with E-state index >= 15 is 0 Å². The molecule has 0 bridgehead atoms. The number of rotatable bonds is 6. The third-order valence-electron chi connectivity index (χ3n) is 4.21. The first-order valence-corrected chi connectivity index (χ1v) is 8.53. The van der Waals surface area contributed by atoms with E-state index in [-0.39, 0.29) is 18.5 Å². The van der Waals surface area contributed by atoms with Crippen LogP contribution in [0.5, 0.6) is 0 Å². The Morgan fingerprint density at radius 2 is 2.00 bits per heavy atom. The van der Waals surface area contributed by atoms with Gasteiger partial charge in [0.1, 0.15) is 6.29 Å². The summed E-state index contributed by atoms with van der Waals surface area (Å²) in [7, 11) is 1.93. The number of benzene rings is 1. The van der Waals surface area contributed by atoms with Gasteiger partial charge < -0.3 is 21.3 Å². The lowest BCUT2D eigenvalue weighted by Gasteiger charge is -2.36. The van der Waals surface area contributed by atoms with Crippen LogP contribution in [0.15, 0.2) is 18.2 Å². The maximum absolute atomic E-state index is 12.2. The van der Waals surface area contributed by atoms with Crippen LogP contribution in [0.2, 0.25) is 0 Å². The minimum atomic E-state index is -0.271. The molecule has 0 aromatic heterocycles. The van der Waals surface area contributed by atoms with Crippen molar-refractivity contribution in [3.05, 3.63) is 29.3 Å². The topological polar surface area (TPSA) is 89.2 Å². The normalized spacial score (nSPS) is 23.8. The molecule has 1 aromatic carbocycles. The van der Waals surface area contributed by atoms with E-state index < -0.39 is 0 Å². The molecule has 1 saturated heterocycles. The highest BCUT2D eigenvalue weighted by atomic mass is 16.2. The molecule has 6 N–H and O–H groups in total. The summed E-state index contributed by atoms with van der Waals surface area (Å²) in [5.74, 6) is 0. The highest BCUT2D eigenvalue weighted by Gasteiger charge is 2.25. The number of carbonyl (C=O) groups excluding carboxylic acids is 1. The molecular formula is C17H30N6O. The van der Waals surface area contributed by atoms with Gasteiger partial charge in [-0.1, -0.05) is 6.07 Å². The van der Waals surface area contributed by atoms with Gasteiger partial charge in [-0.15, -0.1) is 0 Å². The summed E-state index contributed by atoms with van der Waals surface area (Å²) in [5, 5.41) is 19.0. The Morgan fingerprint density at radius 3 is 2.71 bits per heavy atom. The first-order valence-electron chi connectivity index (χ1n) is 8.53. The standard InChI is InChI=1S/C17H30N6O/c1-11-5-6-14(9-12(11)2)21-17(24)23-16-20-13(3)10-15(22-16)19-8-7-18-4/h5-6,9,13,15-16,18-20,22H,7-8,10H2,1-4H3,(H2,21,23,24). The maximum atomic E-state index is 12.2. The predicted octanol–water partition coefficient (Wildman–Crippen LogP) is 0.815. The second kappa shape index (κ2) is 8.98. The number of carbonyl (C=O) groups is 1. The Bertz CT molecular complexity index is 550. The number of hydrogen-bond donors (Lipinski definition) is 6. The van der Waals surface area contributed by atoms with Crippen molar-refractivity contribution >= 4 is 11.7 Å². The molecule has 1 fully saturated rings. The van der Waals surface area contributed by atoms with Crippen LogP contribution in [-0.2, 0) is 0 Å². The molecule has 0 spiro atoms. The Labute approximate surface area is 144 Å². The number of anilines is 1. The monoisotopic (exact) mass is 334 g/mol. The molecule has 0 radical (unpaired) electrons. The van der Waals surface area contributed by atoms with Crippen LogP contribution in [0, 0.1) is 13.8 Å². The Kier molecular flexibility index (Phi) is 6.99. The van der Waals surface area contributed by atoms with Crippen molar-refractivity contribution in [2.24, 2.45) is 0 Å². The quantitative estimate of drug-likeness (QED) is 0.434. The molecule has 2 rings (SSSR count). The van der Waals surface area contributed by atoms with Crippen molar-refractivity contribution in [3.63, 3.8) is 0 Å². The Morgan fingerprint density at radius 1 is 1.21 bits per heavy atom. The van der Waals surface area contributed by atoms with Crippen LogP contribution in [0.1, 0.15) is 24.5 Å². The summed E-state index contributed by atoms with van der Waals surface area (Å²) < 4.78 is 0. The highest BCUT2D eigenvalue weighted by Crippen LogP contribution is 2.14. The van der Waals surface area contributed by atoms with Gasteiger partial charge in [0.05, 0.1) is 6.17 Å². The molecule has 134 valence electrons. The molecule has 0 aliphatic carbocycles. The van der Waals surface area contributed by atoms with Crippen molar-refractivity contribution in [1.29, 1.82) is 0 Å². The molecule has 7 heteroatoms. The van der Waals surface area contributed by atoms with Crippen molar-refractivity contribution in [1.82, 2.24) is 26.6 Å². The van der Waals surface area contributed by atoms with E-state index in [1.807, 2.05) is 32.2 Å². The summed E-state index contributed by atoms with van der Waals surface area (Å²) >= 11 is 0. The number of aryl methyl sites for hydroxylation is 2. The number of likely N-dealkylation sites (N-methyl/N-ethyl adjacent to an activating group) is 1. The second-order valence-electron chi connectivity index (χ2n) is 6.41. The first-order chi connectivity index (χ1) is 11.5. The number of amides is 2. The van der Waals surface area contributed by atoms with E-state index in [0.717, 1.165) is 30.8 Å². The summed E-state index contributed by atoms with van der Waals surface area (Å²) in [6, 6.07) is 5.97. The lowest BCUT2D eigenvalue weighted by atomic mass is 10.1. The minimum absolute atomic E-state index is 0.168. The van der Waals surface area contributed by atoms with Gasteiger partial charge in [0, 0.05) is 24.8 Å². The van der Waals surface area contributed by atoms with E-state index in [1.54, 1.807) is 0 Å². The SMILES string of the molecule is CNCCNC1CC(C)NC(NC(=O)Nc2ccc(C)c(C)c2)N1. The van der Waals surface area contributed by atoms with Crippen LogP contribution in [0.3, 0.4) is 0 Å². The molecule has 24 heavy (non-hydrogen) atoms. The highest BCUT2D eigenvalue weighted by molar-refractivity contribution is 5.89. The van der Waals surface area contributed by atoms with E-state index in [9.17, 15) is 4.79 Å². The van der Waals surface area contributed by atoms with Crippen LogP contribution in [-0.4, -0.2) is 44.7 Å². The van der Waals surface area contributed by atoms with Gasteiger partial charge in [-0.05, 0) is 57.5 Å². The molecule has 0 saturated carbocycles. The lowest BCUT2D eigenvalue weighted by molar-refractivity contribution is 0.194. The smallest absolute Gasteiger partial charge is 0.318 e. The molecule has 2 amide bonds. The van der Waals surface area contributed by atoms with Gasteiger partial charge in [-0.2, -0.15) is 0 Å². The van der Waals surface area contributed by atoms with E-state index in [4.69, 9.17) is 0 Å². The van der Waals surface area contributed by atoms with Gasteiger partial charge in [-0.25, -0.2) is 4.79 Å². The largest absolute Gasteiger partial charge is 0.321 e. The van der Waals surface area contributed by atoms with Crippen LogP contribution in [0.25, 0.3) is 0 Å². The first kappa shape index (κ1) is 18.7. The fourth-order valence-corrected chi connectivity index (χ4v) is 2.74. The molecule has 7 nitrogen and oxygen atoms in total. The molecule has 1 aliphatic rings. The fraction of sp³-hybridized carbons (Fsp3) is 0.588. The number of nitrogens with one attached hydrogen (secondary N) is 6. The van der Waals surface area contributed by atoms with Gasteiger partial charge in [0.2, 0.25) is 0 Å². The molecule has 3 atom stereocenters. The Hall–Kier alpha value is -1.67. The third-order valence-corrected chi connectivity index (χ3v) is 4.21. The van der Waals surface area contributed by atoms with Crippen molar-refractivity contribution < 1.29 is 4.79 Å². The molecule has 1 heterocycles. The summed E-state index contributed by atoms with van der Waals surface area (Å²) in [4.78, 5) is 12.2. The predicted molar refractivity (Wildman–Crippen MR) is 97.9 cm³/mol. The zero-order chi connectivity index (χ0) is 17.5. The van der Waals surface area contributed by atoms with Gasteiger partial charge >= 0.3 is 6.03 Å². The zero-order valence-corrected chi connectivity index (χ0v) is 15.0. The second-order valence-corrected chi connectivity index (χ2v) is 6.41.